The van der Waals surface area contributed by atoms with Crippen molar-refractivity contribution in [1.82, 2.24) is 25.9 Å². The molecule has 2 heterocycles. The number of rotatable bonds is 5. The van der Waals surface area contributed by atoms with Gasteiger partial charge >= 0.3 is 6.03 Å². The molecule has 0 radical (unpaired) electrons. The number of likely N-dealkylation sites (N-methyl/N-ethyl adjacent to an activating group) is 1. The summed E-state index contributed by atoms with van der Waals surface area (Å²) in [6, 6.07) is 16.3. The second-order valence-electron chi connectivity index (χ2n) is 9.18. The number of anilines is 1. The molecule has 2 aliphatic rings. The molecule has 4 amide bonds. The summed E-state index contributed by atoms with van der Waals surface area (Å²) in [6.45, 7) is 0.595. The van der Waals surface area contributed by atoms with Crippen molar-refractivity contribution in [2.75, 3.05) is 19.0 Å². The van der Waals surface area contributed by atoms with Crippen LogP contribution in [0.15, 0.2) is 60.8 Å². The number of aromatic nitrogens is 1. The summed E-state index contributed by atoms with van der Waals surface area (Å²) in [5.41, 5.74) is 10.0. The van der Waals surface area contributed by atoms with Gasteiger partial charge in [-0.1, -0.05) is 60.1 Å². The largest absolute Gasteiger partial charge is 0.344 e. The first-order valence-corrected chi connectivity index (χ1v) is 12.5. The lowest BCUT2D eigenvalue weighted by atomic mass is 9.95. The Balaban J connectivity index is 1.24. The van der Waals surface area contributed by atoms with Crippen LogP contribution in [0.2, 0.25) is 5.02 Å². The number of carbonyl (C=O) groups is 3. The van der Waals surface area contributed by atoms with Gasteiger partial charge in [-0.05, 0) is 47.6 Å². The predicted molar refractivity (Wildman–Crippen MR) is 140 cm³/mol. The van der Waals surface area contributed by atoms with Crippen LogP contribution >= 0.6 is 11.6 Å². The first-order chi connectivity index (χ1) is 17.9. The van der Waals surface area contributed by atoms with Gasteiger partial charge in [0, 0.05) is 19.8 Å². The zero-order chi connectivity index (χ0) is 25.9. The maximum atomic E-state index is 12.9. The number of nitrogens with one attached hydrogen (secondary N) is 4. The molecule has 190 valence electrons. The smallest absolute Gasteiger partial charge is 0.334 e. The number of hydrogen-bond donors (Lipinski definition) is 4. The lowest BCUT2D eigenvalue weighted by Crippen LogP contribution is -2.42. The van der Waals surface area contributed by atoms with Crippen LogP contribution in [-0.4, -0.2) is 47.4 Å². The second-order valence-corrected chi connectivity index (χ2v) is 9.59. The normalized spacial score (nSPS) is 16.9. The number of halogens is 1. The molecular weight excluding hydrogens is 492 g/mol. The molecule has 0 saturated carbocycles. The highest BCUT2D eigenvalue weighted by Gasteiger charge is 2.30. The Bertz CT molecular complexity index is 1320. The maximum Gasteiger partial charge on any atom is 0.334 e. The van der Waals surface area contributed by atoms with Crippen LogP contribution in [0.1, 0.15) is 45.1 Å². The standard InChI is InChI=1S/C27H27ClN6O3/c1-34-13-12-22(26(34)36)30-25(35)18-14-21(28)24(29-15-18)32-33-27(37)31-23-19-8-4-2-6-16(19)10-11-17-7-3-5-9-20(17)23/h2-9,14-15,22-23H,10-13H2,1H3,(H,29,32)(H,30,35)(H2,31,33,37)/t22-/m1/s1. The molecule has 10 heteroatoms. The molecule has 1 fully saturated rings. The molecule has 0 spiro atoms. The Labute approximate surface area is 219 Å². The topological polar surface area (TPSA) is 115 Å². The van der Waals surface area contributed by atoms with Gasteiger partial charge in [0.15, 0.2) is 5.82 Å². The van der Waals surface area contributed by atoms with Crippen LogP contribution in [0.25, 0.3) is 0 Å². The summed E-state index contributed by atoms with van der Waals surface area (Å²) in [5.74, 6) is -0.377. The van der Waals surface area contributed by atoms with E-state index in [1.807, 2.05) is 36.4 Å². The minimum absolute atomic E-state index is 0.125. The molecule has 2 aromatic carbocycles. The minimum atomic E-state index is -0.557. The molecule has 9 nitrogen and oxygen atoms in total. The number of benzene rings is 2. The van der Waals surface area contributed by atoms with Crippen molar-refractivity contribution < 1.29 is 14.4 Å². The molecular formula is C27H27ClN6O3. The van der Waals surface area contributed by atoms with Crippen LogP contribution in [0.4, 0.5) is 10.6 Å². The molecule has 4 N–H and O–H groups in total. The van der Waals surface area contributed by atoms with E-state index in [1.165, 1.54) is 23.4 Å². The number of urea groups is 1. The Morgan fingerprint density at radius 3 is 2.24 bits per heavy atom. The highest BCUT2D eigenvalue weighted by atomic mass is 35.5. The van der Waals surface area contributed by atoms with E-state index in [2.05, 4.69) is 38.6 Å². The van der Waals surface area contributed by atoms with E-state index in [9.17, 15) is 14.4 Å². The Hall–Kier alpha value is -4.11. The van der Waals surface area contributed by atoms with E-state index in [-0.39, 0.29) is 28.4 Å². The van der Waals surface area contributed by atoms with Crippen molar-refractivity contribution in [2.45, 2.75) is 31.3 Å². The number of carbonyl (C=O) groups excluding carboxylic acids is 3. The fraction of sp³-hybridized carbons (Fsp3) is 0.259. The zero-order valence-electron chi connectivity index (χ0n) is 20.3. The van der Waals surface area contributed by atoms with Gasteiger partial charge in [0.1, 0.15) is 6.04 Å². The van der Waals surface area contributed by atoms with Crippen molar-refractivity contribution >= 4 is 35.3 Å². The average Bonchev–Trinajstić information content (AvgIpc) is 3.13. The third-order valence-corrected chi connectivity index (χ3v) is 7.09. The van der Waals surface area contributed by atoms with Gasteiger partial charge in [-0.25, -0.2) is 9.78 Å². The number of hydrazine groups is 1. The highest BCUT2D eigenvalue weighted by Crippen LogP contribution is 2.32. The zero-order valence-corrected chi connectivity index (χ0v) is 21.0. The van der Waals surface area contributed by atoms with Crippen molar-refractivity contribution in [2.24, 2.45) is 0 Å². The molecule has 5 rings (SSSR count). The summed E-state index contributed by atoms with van der Waals surface area (Å²) in [4.78, 5) is 43.3. The number of fused-ring (bicyclic) bond motifs is 2. The summed E-state index contributed by atoms with van der Waals surface area (Å²) in [5, 5.41) is 5.91. The number of hydrogen-bond acceptors (Lipinski definition) is 5. The Kier molecular flexibility index (Phi) is 6.96. The van der Waals surface area contributed by atoms with Gasteiger partial charge in [0.25, 0.3) is 5.91 Å². The SMILES string of the molecule is CN1CC[C@@H](NC(=O)c2cnc(NNC(=O)NC3c4ccccc4CCc4ccccc43)c(Cl)c2)C1=O. The summed E-state index contributed by atoms with van der Waals surface area (Å²) in [6.07, 6.45) is 3.69. The molecule has 0 unspecified atom stereocenters. The molecule has 1 aliphatic heterocycles. The monoisotopic (exact) mass is 518 g/mol. The molecule has 3 aromatic rings. The van der Waals surface area contributed by atoms with Crippen LogP contribution < -0.4 is 21.5 Å². The summed E-state index contributed by atoms with van der Waals surface area (Å²) < 4.78 is 0. The van der Waals surface area contributed by atoms with E-state index in [0.717, 1.165) is 24.0 Å². The second kappa shape index (κ2) is 10.5. The maximum absolute atomic E-state index is 12.9. The van der Waals surface area contributed by atoms with Crippen LogP contribution in [0.5, 0.6) is 0 Å². The Morgan fingerprint density at radius 1 is 1.00 bits per heavy atom. The van der Waals surface area contributed by atoms with Crippen molar-refractivity contribution in [3.8, 4) is 0 Å². The van der Waals surface area contributed by atoms with E-state index < -0.39 is 18.0 Å². The molecule has 1 aliphatic carbocycles. The van der Waals surface area contributed by atoms with Crippen LogP contribution in [0.3, 0.4) is 0 Å². The number of amides is 4. The molecule has 1 atom stereocenters. The number of likely N-dealkylation sites (tertiary alicyclic amines) is 1. The van der Waals surface area contributed by atoms with Gasteiger partial charge in [-0.2, -0.15) is 0 Å². The average molecular weight is 519 g/mol. The number of nitrogens with zero attached hydrogens (tertiary/aromatic N) is 2. The van der Waals surface area contributed by atoms with Crippen molar-refractivity contribution in [3.05, 3.63) is 93.6 Å². The third kappa shape index (κ3) is 5.22. The molecule has 37 heavy (non-hydrogen) atoms. The van der Waals surface area contributed by atoms with E-state index in [1.54, 1.807) is 11.9 Å². The number of aryl methyl sites for hydroxylation is 2. The van der Waals surface area contributed by atoms with Gasteiger partial charge in [-0.15, -0.1) is 0 Å². The van der Waals surface area contributed by atoms with Gasteiger partial charge in [0.2, 0.25) is 5.91 Å². The summed E-state index contributed by atoms with van der Waals surface area (Å²) in [7, 11) is 1.70. The minimum Gasteiger partial charge on any atom is -0.344 e. The lowest BCUT2D eigenvalue weighted by Gasteiger charge is -2.22. The quantitative estimate of drug-likeness (QED) is 0.387. The first-order valence-electron chi connectivity index (χ1n) is 12.1. The first kappa shape index (κ1) is 24.6. The molecule has 1 saturated heterocycles. The molecule has 0 bridgehead atoms. The van der Waals surface area contributed by atoms with Gasteiger partial charge < -0.3 is 15.5 Å². The van der Waals surface area contributed by atoms with E-state index >= 15 is 0 Å². The van der Waals surface area contributed by atoms with E-state index in [4.69, 9.17) is 11.6 Å². The van der Waals surface area contributed by atoms with Crippen LogP contribution in [-0.2, 0) is 17.6 Å². The van der Waals surface area contributed by atoms with Crippen molar-refractivity contribution in [1.29, 1.82) is 0 Å². The fourth-order valence-corrected chi connectivity index (χ4v) is 5.03. The summed E-state index contributed by atoms with van der Waals surface area (Å²) >= 11 is 6.32. The predicted octanol–water partition coefficient (Wildman–Crippen LogP) is 3.21. The Morgan fingerprint density at radius 2 is 1.65 bits per heavy atom. The molecule has 1 aromatic heterocycles. The number of pyridine rings is 1. The van der Waals surface area contributed by atoms with E-state index in [0.29, 0.717) is 13.0 Å². The van der Waals surface area contributed by atoms with Crippen LogP contribution in [0, 0.1) is 0 Å². The van der Waals surface area contributed by atoms with Gasteiger partial charge in [0.05, 0.1) is 16.6 Å². The highest BCUT2D eigenvalue weighted by molar-refractivity contribution is 6.33. The lowest BCUT2D eigenvalue weighted by molar-refractivity contribution is -0.128. The third-order valence-electron chi connectivity index (χ3n) is 6.80. The fourth-order valence-electron chi connectivity index (χ4n) is 4.81. The van der Waals surface area contributed by atoms with Crippen molar-refractivity contribution in [3.63, 3.8) is 0 Å². The van der Waals surface area contributed by atoms with Gasteiger partial charge in [-0.3, -0.25) is 20.4 Å².